The van der Waals surface area contributed by atoms with Crippen LogP contribution in [0.2, 0.25) is 0 Å². The van der Waals surface area contributed by atoms with Crippen LogP contribution >= 0.6 is 11.3 Å². The smallest absolute Gasteiger partial charge is 0.359 e. The highest BCUT2D eigenvalue weighted by Gasteiger charge is 2.16. The summed E-state index contributed by atoms with van der Waals surface area (Å²) in [6.45, 7) is 9.38. The van der Waals surface area contributed by atoms with Gasteiger partial charge in [-0.2, -0.15) is 16.4 Å². The van der Waals surface area contributed by atoms with Gasteiger partial charge in [0.25, 0.3) is 0 Å². The van der Waals surface area contributed by atoms with E-state index >= 15 is 0 Å². The van der Waals surface area contributed by atoms with Crippen molar-refractivity contribution in [3.63, 3.8) is 0 Å². The fraction of sp³-hybridized carbons (Fsp3) is 0.571. The van der Waals surface area contributed by atoms with E-state index in [0.717, 1.165) is 18.5 Å². The number of thiophene rings is 1. The quantitative estimate of drug-likeness (QED) is 0.377. The third-order valence-electron chi connectivity index (χ3n) is 2.44. The van der Waals surface area contributed by atoms with Crippen LogP contribution in [0.15, 0.2) is 21.9 Å². The van der Waals surface area contributed by atoms with Gasteiger partial charge in [0.2, 0.25) is 0 Å². The van der Waals surface area contributed by atoms with E-state index in [1.54, 1.807) is 6.92 Å². The number of rotatable bonds is 6. The van der Waals surface area contributed by atoms with E-state index in [1.165, 1.54) is 11.3 Å². The molecular weight excluding hydrogens is 260 g/mol. The van der Waals surface area contributed by atoms with Gasteiger partial charge in [0.1, 0.15) is 0 Å². The summed E-state index contributed by atoms with van der Waals surface area (Å²) in [4.78, 5) is 11.8. The fourth-order valence-corrected chi connectivity index (χ4v) is 2.03. The number of hydrogen-bond donors (Lipinski definition) is 1. The maximum atomic E-state index is 11.8. The third kappa shape index (κ3) is 5.87. The minimum atomic E-state index is -0.385. The van der Waals surface area contributed by atoms with Crippen LogP contribution in [0.4, 0.5) is 0 Å². The molecule has 0 fully saturated rings. The van der Waals surface area contributed by atoms with Gasteiger partial charge in [-0.3, -0.25) is 0 Å². The van der Waals surface area contributed by atoms with E-state index in [1.807, 2.05) is 16.8 Å². The molecule has 5 heteroatoms. The Hall–Kier alpha value is -1.36. The Labute approximate surface area is 118 Å². The molecule has 0 amide bonds. The molecule has 0 aliphatic rings. The lowest BCUT2D eigenvalue weighted by Gasteiger charge is -2.17. The van der Waals surface area contributed by atoms with Crippen molar-refractivity contribution in [2.75, 3.05) is 13.2 Å². The van der Waals surface area contributed by atoms with Gasteiger partial charge < -0.3 is 10.2 Å². The first-order chi connectivity index (χ1) is 8.94. The zero-order valence-corrected chi connectivity index (χ0v) is 12.8. The van der Waals surface area contributed by atoms with E-state index in [4.69, 9.17) is 4.74 Å². The molecule has 0 spiro atoms. The highest BCUT2D eigenvalue weighted by molar-refractivity contribution is 7.08. The Bertz CT molecular complexity index is 419. The SMILES string of the molecule is CCOC(=O)/C(=N\NCCC(C)(C)C)c1ccsc1. The van der Waals surface area contributed by atoms with Crippen molar-refractivity contribution in [3.05, 3.63) is 22.4 Å². The Morgan fingerprint density at radius 2 is 2.21 bits per heavy atom. The fourth-order valence-electron chi connectivity index (χ4n) is 1.39. The molecule has 1 aromatic heterocycles. The Balaban J connectivity index is 2.66. The molecule has 1 N–H and O–H groups in total. The lowest BCUT2D eigenvalue weighted by Crippen LogP contribution is -2.23. The molecular formula is C14H22N2O2S. The molecule has 0 aromatic carbocycles. The van der Waals surface area contributed by atoms with Crippen molar-refractivity contribution < 1.29 is 9.53 Å². The zero-order valence-electron chi connectivity index (χ0n) is 12.0. The highest BCUT2D eigenvalue weighted by atomic mass is 32.1. The van der Waals surface area contributed by atoms with Gasteiger partial charge in [-0.25, -0.2) is 4.79 Å². The Morgan fingerprint density at radius 3 is 2.74 bits per heavy atom. The van der Waals surface area contributed by atoms with Crippen LogP contribution in [0.3, 0.4) is 0 Å². The summed E-state index contributed by atoms with van der Waals surface area (Å²) in [7, 11) is 0. The maximum Gasteiger partial charge on any atom is 0.359 e. The predicted octanol–water partition coefficient (Wildman–Crippen LogP) is 3.04. The second-order valence-electron chi connectivity index (χ2n) is 5.41. The molecule has 1 aromatic rings. The van der Waals surface area contributed by atoms with Gasteiger partial charge in [-0.1, -0.05) is 20.8 Å². The standard InChI is InChI=1S/C14H22N2O2S/c1-5-18-13(17)12(11-6-9-19-10-11)16-15-8-7-14(2,3)4/h6,9-10,15H,5,7-8H2,1-4H3/b16-12-. The molecule has 19 heavy (non-hydrogen) atoms. The minimum Gasteiger partial charge on any atom is -0.461 e. The van der Waals surface area contributed by atoms with Crippen molar-refractivity contribution in [1.29, 1.82) is 0 Å². The van der Waals surface area contributed by atoms with Gasteiger partial charge in [0, 0.05) is 17.5 Å². The topological polar surface area (TPSA) is 50.7 Å². The first-order valence-corrected chi connectivity index (χ1v) is 7.38. The summed E-state index contributed by atoms with van der Waals surface area (Å²) in [6, 6.07) is 1.87. The largest absolute Gasteiger partial charge is 0.461 e. The van der Waals surface area contributed by atoms with Crippen molar-refractivity contribution >= 4 is 23.0 Å². The first kappa shape index (κ1) is 15.7. The number of hydrogen-bond acceptors (Lipinski definition) is 5. The van der Waals surface area contributed by atoms with Crippen molar-refractivity contribution in [2.24, 2.45) is 10.5 Å². The van der Waals surface area contributed by atoms with Gasteiger partial charge in [-0.05, 0) is 30.2 Å². The number of esters is 1. The monoisotopic (exact) mass is 282 g/mol. The number of nitrogens with zero attached hydrogens (tertiary/aromatic N) is 1. The van der Waals surface area contributed by atoms with Crippen molar-refractivity contribution in [3.8, 4) is 0 Å². The minimum absolute atomic E-state index is 0.245. The first-order valence-electron chi connectivity index (χ1n) is 6.44. The number of ether oxygens (including phenoxy) is 1. The summed E-state index contributed by atoms with van der Waals surface area (Å²) < 4.78 is 5.02. The summed E-state index contributed by atoms with van der Waals surface area (Å²) in [5, 5.41) is 7.99. The summed E-state index contributed by atoms with van der Waals surface area (Å²) in [6.07, 6.45) is 0.982. The third-order valence-corrected chi connectivity index (χ3v) is 3.12. The second-order valence-corrected chi connectivity index (χ2v) is 6.19. The molecule has 106 valence electrons. The van der Waals surface area contributed by atoms with Crippen molar-refractivity contribution in [2.45, 2.75) is 34.1 Å². The average molecular weight is 282 g/mol. The number of nitrogens with one attached hydrogen (secondary N) is 1. The molecule has 0 unspecified atom stereocenters. The average Bonchev–Trinajstić information content (AvgIpc) is 2.81. The summed E-state index contributed by atoms with van der Waals surface area (Å²) in [5.74, 6) is -0.385. The number of carbonyl (C=O) groups excluding carboxylic acids is 1. The van der Waals surface area contributed by atoms with Crippen LogP contribution in [0.1, 0.15) is 39.7 Å². The van der Waals surface area contributed by atoms with Gasteiger partial charge >= 0.3 is 5.97 Å². The molecule has 0 atom stereocenters. The molecule has 1 heterocycles. The van der Waals surface area contributed by atoms with E-state index in [9.17, 15) is 4.79 Å². The molecule has 0 aliphatic carbocycles. The Kier molecular flexibility index (Phi) is 6.02. The molecule has 0 saturated carbocycles. The lowest BCUT2D eigenvalue weighted by molar-refractivity contribution is -0.134. The van der Waals surface area contributed by atoms with E-state index in [2.05, 4.69) is 31.3 Å². The van der Waals surface area contributed by atoms with Crippen LogP contribution in [-0.2, 0) is 9.53 Å². The van der Waals surface area contributed by atoms with Gasteiger partial charge in [-0.15, -0.1) is 0 Å². The van der Waals surface area contributed by atoms with Crippen LogP contribution in [0, 0.1) is 5.41 Å². The lowest BCUT2D eigenvalue weighted by atomic mass is 9.93. The Morgan fingerprint density at radius 1 is 1.47 bits per heavy atom. The molecule has 0 aliphatic heterocycles. The van der Waals surface area contributed by atoms with Crippen LogP contribution in [-0.4, -0.2) is 24.8 Å². The van der Waals surface area contributed by atoms with Crippen LogP contribution < -0.4 is 5.43 Å². The summed E-state index contributed by atoms with van der Waals surface area (Å²) >= 11 is 1.53. The zero-order chi connectivity index (χ0) is 14.3. The van der Waals surface area contributed by atoms with Gasteiger partial charge in [0.15, 0.2) is 5.71 Å². The molecule has 1 rings (SSSR count). The highest BCUT2D eigenvalue weighted by Crippen LogP contribution is 2.17. The van der Waals surface area contributed by atoms with E-state index < -0.39 is 0 Å². The van der Waals surface area contributed by atoms with Crippen LogP contribution in [0.5, 0.6) is 0 Å². The van der Waals surface area contributed by atoms with Crippen LogP contribution in [0.25, 0.3) is 0 Å². The number of hydrazone groups is 1. The van der Waals surface area contributed by atoms with Crippen molar-refractivity contribution in [1.82, 2.24) is 5.43 Å². The van der Waals surface area contributed by atoms with E-state index in [0.29, 0.717) is 12.3 Å². The number of carbonyl (C=O) groups is 1. The molecule has 0 radical (unpaired) electrons. The molecule has 4 nitrogen and oxygen atoms in total. The molecule has 0 bridgehead atoms. The predicted molar refractivity (Wildman–Crippen MR) is 79.6 cm³/mol. The van der Waals surface area contributed by atoms with E-state index in [-0.39, 0.29) is 11.4 Å². The maximum absolute atomic E-state index is 11.8. The second kappa shape index (κ2) is 7.28. The van der Waals surface area contributed by atoms with Gasteiger partial charge in [0.05, 0.1) is 6.61 Å². The normalized spacial score (nSPS) is 12.3. The summed E-state index contributed by atoms with van der Waals surface area (Å²) in [5.41, 5.74) is 4.35. The molecule has 0 saturated heterocycles.